The molecule has 2 aliphatic carbocycles. The van der Waals surface area contributed by atoms with Crippen LogP contribution in [0.25, 0.3) is 0 Å². The Morgan fingerprint density at radius 2 is 1.50 bits per heavy atom. The number of para-hydroxylation sites is 1. The van der Waals surface area contributed by atoms with Crippen molar-refractivity contribution in [3.8, 4) is 0 Å². The van der Waals surface area contributed by atoms with E-state index in [9.17, 15) is 4.79 Å². The van der Waals surface area contributed by atoms with E-state index in [0.717, 1.165) is 30.7 Å². The smallest absolute Gasteiger partial charge is 0.253 e. The van der Waals surface area contributed by atoms with Gasteiger partial charge in [-0.1, -0.05) is 37.8 Å². The van der Waals surface area contributed by atoms with Crippen LogP contribution in [0.2, 0.25) is 0 Å². The minimum Gasteiger partial charge on any atom is -0.398 e. The number of carbonyl (C=O) groups excluding carboxylic acids is 1. The molecule has 0 aromatic heterocycles. The van der Waals surface area contributed by atoms with E-state index in [0.29, 0.717) is 29.4 Å². The lowest BCUT2D eigenvalue weighted by molar-refractivity contribution is -0.0431. The minimum absolute atomic E-state index is 0.00169. The Morgan fingerprint density at radius 1 is 0.857 bits per heavy atom. The third kappa shape index (κ3) is 3.56. The van der Waals surface area contributed by atoms with Crippen LogP contribution in [0.5, 0.6) is 0 Å². The molecule has 1 aromatic carbocycles. The van der Waals surface area contributed by atoms with Crippen LogP contribution >= 0.6 is 0 Å². The summed E-state index contributed by atoms with van der Waals surface area (Å²) in [5.74, 6) is 1.97. The Morgan fingerprint density at radius 3 is 2.18 bits per heavy atom. The van der Waals surface area contributed by atoms with E-state index in [1.165, 1.54) is 57.8 Å². The van der Waals surface area contributed by atoms with Gasteiger partial charge in [0, 0.05) is 29.9 Å². The molecule has 0 radical (unpaired) electrons. The highest BCUT2D eigenvalue weighted by molar-refractivity contribution is 5.99. The van der Waals surface area contributed by atoms with Gasteiger partial charge >= 0.3 is 0 Å². The van der Waals surface area contributed by atoms with Gasteiger partial charge in [-0.2, -0.15) is 0 Å². The third-order valence-electron chi connectivity index (χ3n) is 8.10. The molecule has 1 unspecified atom stereocenters. The number of nitrogen functional groups attached to an aromatic ring is 1. The zero-order valence-corrected chi connectivity index (χ0v) is 17.0. The van der Waals surface area contributed by atoms with Crippen LogP contribution in [0.4, 0.5) is 5.69 Å². The molecule has 0 spiro atoms. The normalized spacial score (nSPS) is 38.0. The predicted octanol–water partition coefficient (Wildman–Crippen LogP) is 4.35. The maximum absolute atomic E-state index is 12.8. The van der Waals surface area contributed by atoms with E-state index in [4.69, 9.17) is 5.73 Å². The van der Waals surface area contributed by atoms with E-state index in [2.05, 4.69) is 10.2 Å². The first-order valence-electron chi connectivity index (χ1n) is 11.6. The summed E-state index contributed by atoms with van der Waals surface area (Å²) in [6.07, 6.45) is 15.0. The van der Waals surface area contributed by atoms with Gasteiger partial charge in [0.15, 0.2) is 0 Å². The lowest BCUT2D eigenvalue weighted by Crippen LogP contribution is -2.61. The maximum Gasteiger partial charge on any atom is 0.253 e. The highest BCUT2D eigenvalue weighted by Gasteiger charge is 2.44. The quantitative estimate of drug-likeness (QED) is 0.765. The number of anilines is 1. The lowest BCUT2D eigenvalue weighted by Gasteiger charge is -2.55. The molecule has 2 saturated carbocycles. The Hall–Kier alpha value is -1.55. The molecule has 5 rings (SSSR count). The fourth-order valence-electron chi connectivity index (χ4n) is 7.04. The van der Waals surface area contributed by atoms with Gasteiger partial charge in [0.05, 0.1) is 5.56 Å². The second-order valence-electron chi connectivity index (χ2n) is 9.94. The van der Waals surface area contributed by atoms with E-state index in [-0.39, 0.29) is 5.91 Å². The van der Waals surface area contributed by atoms with Gasteiger partial charge in [0.1, 0.15) is 0 Å². The number of piperidine rings is 2. The zero-order chi connectivity index (χ0) is 19.1. The van der Waals surface area contributed by atoms with E-state index in [1.54, 1.807) is 0 Å². The molecule has 2 saturated heterocycles. The van der Waals surface area contributed by atoms with Crippen molar-refractivity contribution in [2.24, 2.45) is 11.8 Å². The van der Waals surface area contributed by atoms with Crippen LogP contribution in [-0.4, -0.2) is 35.0 Å². The van der Waals surface area contributed by atoms with Gasteiger partial charge in [0.25, 0.3) is 5.91 Å². The van der Waals surface area contributed by atoms with Gasteiger partial charge in [-0.15, -0.1) is 0 Å². The monoisotopic (exact) mass is 381 g/mol. The largest absolute Gasteiger partial charge is 0.398 e. The highest BCUT2D eigenvalue weighted by Crippen LogP contribution is 2.45. The molecule has 1 amide bonds. The van der Waals surface area contributed by atoms with Crippen molar-refractivity contribution in [1.82, 2.24) is 10.2 Å². The summed E-state index contributed by atoms with van der Waals surface area (Å²) in [7, 11) is 0. The van der Waals surface area contributed by atoms with Crippen molar-refractivity contribution in [3.05, 3.63) is 29.8 Å². The first-order valence-corrected chi connectivity index (χ1v) is 11.6. The third-order valence-corrected chi connectivity index (χ3v) is 8.10. The van der Waals surface area contributed by atoms with Gasteiger partial charge in [-0.05, 0) is 68.9 Å². The van der Waals surface area contributed by atoms with Gasteiger partial charge in [0.2, 0.25) is 0 Å². The molecule has 152 valence electrons. The van der Waals surface area contributed by atoms with Crippen molar-refractivity contribution in [1.29, 1.82) is 0 Å². The van der Waals surface area contributed by atoms with Gasteiger partial charge in [-0.25, -0.2) is 0 Å². The molecular formula is C24H35N3O. The van der Waals surface area contributed by atoms with Crippen LogP contribution in [0.15, 0.2) is 24.3 Å². The van der Waals surface area contributed by atoms with Crippen molar-refractivity contribution in [3.63, 3.8) is 0 Å². The van der Waals surface area contributed by atoms with E-state index >= 15 is 0 Å². The summed E-state index contributed by atoms with van der Waals surface area (Å²) in [6, 6.07) is 9.84. The fourth-order valence-corrected chi connectivity index (χ4v) is 7.04. The summed E-state index contributed by atoms with van der Waals surface area (Å²) < 4.78 is 0. The number of hydrogen-bond acceptors (Lipinski definition) is 3. The Balaban J connectivity index is 1.26. The zero-order valence-electron chi connectivity index (χ0n) is 17.0. The van der Waals surface area contributed by atoms with Crippen LogP contribution in [-0.2, 0) is 0 Å². The first kappa shape index (κ1) is 18.5. The molecule has 4 nitrogen and oxygen atoms in total. The minimum atomic E-state index is 0.00169. The summed E-state index contributed by atoms with van der Waals surface area (Å²) in [5.41, 5.74) is 7.21. The molecule has 4 aliphatic rings. The molecular weight excluding hydrogens is 346 g/mol. The standard InChI is InChI=1S/C24H35N3O/c25-23-10-2-1-9-22(23)24(28)26-18-14-19-7-4-8-20(15-18)27(19)21-12-16-5-3-6-17(11-16)13-21/h1-2,9-10,16-21H,3-8,11-15,25H2,(H,26,28)/t16-,17+,18-,19+,20-,21?. The molecule has 28 heavy (non-hydrogen) atoms. The number of benzene rings is 1. The number of nitrogens with one attached hydrogen (secondary N) is 1. The van der Waals surface area contributed by atoms with Crippen LogP contribution in [0, 0.1) is 11.8 Å². The first-order chi connectivity index (χ1) is 13.7. The lowest BCUT2D eigenvalue weighted by atomic mass is 9.68. The van der Waals surface area contributed by atoms with Crippen molar-refractivity contribution in [2.45, 2.75) is 94.8 Å². The summed E-state index contributed by atoms with van der Waals surface area (Å²) in [6.45, 7) is 0. The molecule has 4 fully saturated rings. The summed E-state index contributed by atoms with van der Waals surface area (Å²) >= 11 is 0. The summed E-state index contributed by atoms with van der Waals surface area (Å²) in [4.78, 5) is 15.7. The average Bonchev–Trinajstić information content (AvgIpc) is 2.67. The molecule has 4 heteroatoms. The number of amides is 1. The Labute approximate surface area is 169 Å². The van der Waals surface area contributed by atoms with Crippen molar-refractivity contribution < 1.29 is 4.79 Å². The SMILES string of the molecule is Nc1ccccc1C(=O)N[C@H]1C[C@H]2CCC[C@@H](C1)N2C1C[C@H]2CCC[C@@H](C1)C2. The molecule has 2 heterocycles. The maximum atomic E-state index is 12.8. The number of hydrogen-bond donors (Lipinski definition) is 2. The fraction of sp³-hybridized carbons (Fsp3) is 0.708. The van der Waals surface area contributed by atoms with Crippen molar-refractivity contribution in [2.75, 3.05) is 5.73 Å². The molecule has 3 N–H and O–H groups in total. The summed E-state index contributed by atoms with van der Waals surface area (Å²) in [5, 5.41) is 3.32. The second-order valence-corrected chi connectivity index (χ2v) is 9.94. The number of rotatable bonds is 3. The number of nitrogens with two attached hydrogens (primary N) is 1. The van der Waals surface area contributed by atoms with E-state index < -0.39 is 0 Å². The molecule has 4 bridgehead atoms. The number of fused-ring (bicyclic) bond motifs is 4. The second kappa shape index (κ2) is 7.70. The topological polar surface area (TPSA) is 58.4 Å². The van der Waals surface area contributed by atoms with Crippen LogP contribution < -0.4 is 11.1 Å². The number of nitrogens with zero attached hydrogens (tertiary/aromatic N) is 1. The highest BCUT2D eigenvalue weighted by atomic mass is 16.1. The number of carbonyl (C=O) groups is 1. The molecule has 2 aliphatic heterocycles. The molecule has 1 aromatic rings. The van der Waals surface area contributed by atoms with Gasteiger partial charge in [-0.3, -0.25) is 9.69 Å². The van der Waals surface area contributed by atoms with Crippen LogP contribution in [0.3, 0.4) is 0 Å². The Kier molecular flexibility index (Phi) is 5.08. The van der Waals surface area contributed by atoms with Crippen molar-refractivity contribution >= 4 is 11.6 Å². The van der Waals surface area contributed by atoms with Crippen LogP contribution in [0.1, 0.15) is 81.0 Å². The Bertz CT molecular complexity index is 694. The predicted molar refractivity (Wildman–Crippen MR) is 113 cm³/mol. The molecule has 6 atom stereocenters. The van der Waals surface area contributed by atoms with Gasteiger partial charge < -0.3 is 11.1 Å². The average molecular weight is 382 g/mol. The van der Waals surface area contributed by atoms with E-state index in [1.807, 2.05) is 24.3 Å².